The molecule has 206 valence electrons. The molecule has 0 spiro atoms. The van der Waals surface area contributed by atoms with E-state index in [1.54, 1.807) is 0 Å². The maximum atomic E-state index is 9.02. The van der Waals surface area contributed by atoms with Gasteiger partial charge in [0.05, 0.1) is 23.3 Å². The fraction of sp³-hybridized carbons (Fsp3) is 0.152. The summed E-state index contributed by atoms with van der Waals surface area (Å²) in [5.41, 5.74) is 8.55. The first-order valence-electron chi connectivity index (χ1n) is 13.0. The first-order valence-corrected chi connectivity index (χ1v) is 13.0. The second-order valence-electron chi connectivity index (χ2n) is 9.65. The number of nitrogens with one attached hydrogen (secondary N) is 2. The molecule has 0 aliphatic carbocycles. The largest absolute Gasteiger partial charge is 1.00 e. The minimum absolute atomic E-state index is 0. The molecule has 0 aliphatic rings. The lowest BCUT2D eigenvalue weighted by atomic mass is 10.0. The second-order valence-corrected chi connectivity index (χ2v) is 9.65. The quantitative estimate of drug-likeness (QED) is 0.241. The van der Waals surface area contributed by atoms with E-state index >= 15 is 0 Å². The molecule has 8 heteroatoms. The Hall–Kier alpha value is -4.24. The average molecular weight is 670 g/mol. The number of aryl methyl sites for hydroxylation is 2. The average Bonchev–Trinajstić information content (AvgIpc) is 3.56. The molecule has 2 aromatic carbocycles. The maximum Gasteiger partial charge on any atom is 0.172 e. The Balaban J connectivity index is 0.000000215. The fourth-order valence-corrected chi connectivity index (χ4v) is 4.86. The summed E-state index contributed by atoms with van der Waals surface area (Å²) in [6.45, 7) is 3.11. The van der Waals surface area contributed by atoms with Crippen LogP contribution in [0.4, 0.5) is 0 Å². The van der Waals surface area contributed by atoms with E-state index in [9.17, 15) is 0 Å². The molecule has 0 radical (unpaired) electrons. The number of nitriles is 2. The number of halogens is 2. The molecule has 0 unspecified atom stereocenters. The van der Waals surface area contributed by atoms with Crippen molar-refractivity contribution in [2.75, 3.05) is 0 Å². The normalized spacial score (nSPS) is 10.0. The van der Waals surface area contributed by atoms with E-state index in [0.29, 0.717) is 11.1 Å². The number of fused-ring (bicyclic) bond motifs is 2. The molecular weight excluding hydrogens is 640 g/mol. The molecule has 4 heterocycles. The third kappa shape index (κ3) is 7.49. The molecule has 6 rings (SSSR count). The molecule has 4 aromatic heterocycles. The van der Waals surface area contributed by atoms with Crippen molar-refractivity contribution in [2.45, 2.75) is 26.3 Å². The number of rotatable bonds is 5. The zero-order valence-corrected chi connectivity index (χ0v) is 26.1. The molecule has 6 aromatic rings. The highest BCUT2D eigenvalue weighted by Gasteiger charge is 2.09. The highest BCUT2D eigenvalue weighted by molar-refractivity contribution is 5.85. The summed E-state index contributed by atoms with van der Waals surface area (Å²) >= 11 is 0. The van der Waals surface area contributed by atoms with Gasteiger partial charge in [-0.15, -0.1) is 0 Å². The molecule has 0 bridgehead atoms. The number of pyridine rings is 2. The van der Waals surface area contributed by atoms with E-state index in [0.717, 1.165) is 41.2 Å². The van der Waals surface area contributed by atoms with E-state index in [2.05, 4.69) is 70.4 Å². The maximum absolute atomic E-state index is 9.02. The molecule has 0 amide bonds. The van der Waals surface area contributed by atoms with Crippen LogP contribution in [0.5, 0.6) is 0 Å². The van der Waals surface area contributed by atoms with Gasteiger partial charge in [-0.05, 0) is 66.6 Å². The Kier molecular flexibility index (Phi) is 11.0. The second kappa shape index (κ2) is 14.4. The van der Waals surface area contributed by atoms with E-state index in [1.165, 1.54) is 22.3 Å². The Morgan fingerprint density at radius 1 is 0.707 bits per heavy atom. The zero-order chi connectivity index (χ0) is 27.2. The van der Waals surface area contributed by atoms with Crippen LogP contribution < -0.4 is 43.1 Å². The minimum Gasteiger partial charge on any atom is -1.00 e. The SMILES string of the molecule is CC[n+]1cccc(Cc2c[nH]c3ccc(C#N)cc23)c1.C[n+]1cccc(Cc2c[nH]c3ccc(C#N)cc23)c1.[Br-].[Br-]. The summed E-state index contributed by atoms with van der Waals surface area (Å²) in [5, 5.41) is 20.3. The summed E-state index contributed by atoms with van der Waals surface area (Å²) < 4.78 is 4.22. The van der Waals surface area contributed by atoms with Crippen LogP contribution in [0.1, 0.15) is 40.3 Å². The van der Waals surface area contributed by atoms with E-state index in [-0.39, 0.29) is 34.0 Å². The van der Waals surface area contributed by atoms with Crippen molar-refractivity contribution >= 4 is 21.8 Å². The molecule has 0 saturated carbocycles. The number of benzene rings is 2. The zero-order valence-electron chi connectivity index (χ0n) is 22.9. The number of nitrogens with zero attached hydrogens (tertiary/aromatic N) is 4. The molecule has 0 aliphatic heterocycles. The number of aromatic nitrogens is 4. The minimum atomic E-state index is 0. The van der Waals surface area contributed by atoms with Gasteiger partial charge in [-0.1, -0.05) is 0 Å². The smallest absolute Gasteiger partial charge is 0.172 e. The topological polar surface area (TPSA) is 86.9 Å². The third-order valence-electron chi connectivity index (χ3n) is 6.87. The summed E-state index contributed by atoms with van der Waals surface area (Å²) in [6, 6.07) is 24.3. The number of hydrogen-bond donors (Lipinski definition) is 2. The highest BCUT2D eigenvalue weighted by Crippen LogP contribution is 2.23. The van der Waals surface area contributed by atoms with Gasteiger partial charge in [0.25, 0.3) is 0 Å². The van der Waals surface area contributed by atoms with Crippen molar-refractivity contribution in [3.05, 3.63) is 131 Å². The number of aromatic amines is 2. The lowest BCUT2D eigenvalue weighted by molar-refractivity contribution is -0.693. The van der Waals surface area contributed by atoms with Gasteiger partial charge in [0.1, 0.15) is 13.6 Å². The van der Waals surface area contributed by atoms with Gasteiger partial charge in [0, 0.05) is 70.3 Å². The monoisotopic (exact) mass is 668 g/mol. The van der Waals surface area contributed by atoms with Gasteiger partial charge >= 0.3 is 0 Å². The molecule has 0 saturated heterocycles. The van der Waals surface area contributed by atoms with Crippen LogP contribution in [-0.2, 0) is 26.4 Å². The van der Waals surface area contributed by atoms with Gasteiger partial charge in [-0.3, -0.25) is 0 Å². The molecule has 0 fully saturated rings. The van der Waals surface area contributed by atoms with E-state index in [1.807, 2.05) is 72.7 Å². The van der Waals surface area contributed by atoms with Crippen molar-refractivity contribution in [3.8, 4) is 12.1 Å². The van der Waals surface area contributed by atoms with Gasteiger partial charge in [0.15, 0.2) is 24.8 Å². The predicted octanol–water partition coefficient (Wildman–Crippen LogP) is -0.599. The Morgan fingerprint density at radius 3 is 1.71 bits per heavy atom. The number of H-pyrrole nitrogens is 2. The third-order valence-corrected chi connectivity index (χ3v) is 6.87. The van der Waals surface area contributed by atoms with Gasteiger partial charge in [-0.25, -0.2) is 9.13 Å². The molecule has 0 atom stereocenters. The Labute approximate surface area is 261 Å². The summed E-state index contributed by atoms with van der Waals surface area (Å²) in [4.78, 5) is 6.53. The van der Waals surface area contributed by atoms with E-state index in [4.69, 9.17) is 10.5 Å². The lowest BCUT2D eigenvalue weighted by Gasteiger charge is -2.00. The summed E-state index contributed by atoms with van der Waals surface area (Å²) in [6.07, 6.45) is 14.2. The highest BCUT2D eigenvalue weighted by atomic mass is 79.9. The summed E-state index contributed by atoms with van der Waals surface area (Å²) in [7, 11) is 2.02. The number of hydrogen-bond acceptors (Lipinski definition) is 2. The summed E-state index contributed by atoms with van der Waals surface area (Å²) in [5.74, 6) is 0. The molecular formula is C33H30Br2N6. The fourth-order valence-electron chi connectivity index (χ4n) is 4.86. The van der Waals surface area contributed by atoms with E-state index < -0.39 is 0 Å². The van der Waals surface area contributed by atoms with Crippen molar-refractivity contribution in [1.29, 1.82) is 10.5 Å². The van der Waals surface area contributed by atoms with Gasteiger partial charge in [-0.2, -0.15) is 10.5 Å². The van der Waals surface area contributed by atoms with Crippen LogP contribution in [0.2, 0.25) is 0 Å². The lowest BCUT2D eigenvalue weighted by Crippen LogP contribution is -3.00. The van der Waals surface area contributed by atoms with Crippen LogP contribution in [0.25, 0.3) is 21.8 Å². The van der Waals surface area contributed by atoms with Crippen LogP contribution in [0.15, 0.2) is 97.8 Å². The van der Waals surface area contributed by atoms with Crippen LogP contribution in [-0.4, -0.2) is 9.97 Å². The van der Waals surface area contributed by atoms with Crippen LogP contribution >= 0.6 is 0 Å². The van der Waals surface area contributed by atoms with Gasteiger partial charge in [0.2, 0.25) is 0 Å². The van der Waals surface area contributed by atoms with Crippen molar-refractivity contribution in [2.24, 2.45) is 7.05 Å². The van der Waals surface area contributed by atoms with Crippen molar-refractivity contribution in [3.63, 3.8) is 0 Å². The van der Waals surface area contributed by atoms with Crippen LogP contribution in [0, 0.1) is 22.7 Å². The predicted molar refractivity (Wildman–Crippen MR) is 152 cm³/mol. The molecule has 41 heavy (non-hydrogen) atoms. The van der Waals surface area contributed by atoms with Crippen molar-refractivity contribution < 1.29 is 43.1 Å². The molecule has 2 N–H and O–H groups in total. The van der Waals surface area contributed by atoms with Crippen LogP contribution in [0.3, 0.4) is 0 Å². The van der Waals surface area contributed by atoms with Crippen molar-refractivity contribution in [1.82, 2.24) is 9.97 Å². The van der Waals surface area contributed by atoms with Gasteiger partial charge < -0.3 is 43.9 Å². The first kappa shape index (κ1) is 31.3. The molecule has 6 nitrogen and oxygen atoms in total. The Morgan fingerprint density at radius 2 is 1.22 bits per heavy atom. The standard InChI is InChI=1S/C17H16N3.C16H14N3.2BrH/c1-2-20-7-3-4-14(12-20)8-15-11-19-17-6-5-13(10-18)9-16(15)17;1-19-6-2-3-13(11-19)7-14-10-18-16-5-4-12(9-17)8-15(14)16;;/h3-7,9,11-12,19H,2,8H2,1H3;2-6,8,10-11,18H,7H2,1H3;2*1H/q2*+1;;/p-2. The first-order chi connectivity index (χ1) is 19.1. The Bertz CT molecular complexity index is 1860.